The van der Waals surface area contributed by atoms with Crippen LogP contribution in [0.5, 0.6) is 0 Å². The summed E-state index contributed by atoms with van der Waals surface area (Å²) in [4.78, 5) is 0. The Kier molecular flexibility index (Phi) is 5.09. The van der Waals surface area contributed by atoms with Crippen LogP contribution in [0.4, 0.5) is 0 Å². The third-order valence-corrected chi connectivity index (χ3v) is 3.25. The van der Waals surface area contributed by atoms with E-state index in [0.717, 1.165) is 12.8 Å². The van der Waals surface area contributed by atoms with Gasteiger partial charge in [0.1, 0.15) is 9.84 Å². The summed E-state index contributed by atoms with van der Waals surface area (Å²) in [5.74, 6) is 0.246. The van der Waals surface area contributed by atoms with E-state index in [-0.39, 0.29) is 17.3 Å². The largest absolute Gasteiger partial charge is 0.393 e. The third-order valence-electron chi connectivity index (χ3n) is 2.22. The molecule has 0 fully saturated rings. The third kappa shape index (κ3) is 8.51. The lowest BCUT2D eigenvalue weighted by Crippen LogP contribution is -2.19. The molecule has 0 rings (SSSR count). The van der Waals surface area contributed by atoms with Crippen LogP contribution in [0.25, 0.3) is 0 Å². The van der Waals surface area contributed by atoms with Gasteiger partial charge in [-0.15, -0.1) is 0 Å². The average molecular weight is 222 g/mol. The van der Waals surface area contributed by atoms with Crippen molar-refractivity contribution in [3.63, 3.8) is 0 Å². The Labute approximate surface area is 87.4 Å². The second kappa shape index (κ2) is 5.12. The summed E-state index contributed by atoms with van der Waals surface area (Å²) in [6.07, 6.45) is 3.18. The van der Waals surface area contributed by atoms with E-state index in [0.29, 0.717) is 6.42 Å². The highest BCUT2D eigenvalue weighted by atomic mass is 32.2. The fraction of sp³-hybridized carbons (Fsp3) is 1.00. The van der Waals surface area contributed by atoms with Gasteiger partial charge in [0.15, 0.2) is 0 Å². The van der Waals surface area contributed by atoms with Crippen molar-refractivity contribution in [3.05, 3.63) is 0 Å². The summed E-state index contributed by atoms with van der Waals surface area (Å²) in [6, 6.07) is 0. The van der Waals surface area contributed by atoms with Crippen molar-refractivity contribution in [3.8, 4) is 0 Å². The predicted octanol–water partition coefficient (Wildman–Crippen LogP) is 1.61. The van der Waals surface area contributed by atoms with Crippen LogP contribution in [0.3, 0.4) is 0 Å². The Morgan fingerprint density at radius 3 is 2.21 bits per heavy atom. The summed E-state index contributed by atoms with van der Waals surface area (Å²) in [5.41, 5.74) is 0.0266. The van der Waals surface area contributed by atoms with Crippen molar-refractivity contribution >= 4 is 9.84 Å². The molecule has 0 aromatic rings. The van der Waals surface area contributed by atoms with Crippen molar-refractivity contribution in [1.29, 1.82) is 0 Å². The zero-order chi connectivity index (χ0) is 11.4. The lowest BCUT2D eigenvalue weighted by molar-refractivity contribution is 0.124. The maximum atomic E-state index is 10.9. The molecule has 0 aromatic heterocycles. The van der Waals surface area contributed by atoms with E-state index >= 15 is 0 Å². The molecule has 0 aromatic carbocycles. The van der Waals surface area contributed by atoms with Gasteiger partial charge in [-0.25, -0.2) is 8.42 Å². The first-order valence-corrected chi connectivity index (χ1v) is 7.04. The minimum atomic E-state index is -2.84. The molecule has 0 amide bonds. The fourth-order valence-electron chi connectivity index (χ4n) is 1.71. The van der Waals surface area contributed by atoms with Crippen molar-refractivity contribution < 1.29 is 13.5 Å². The van der Waals surface area contributed by atoms with Crippen molar-refractivity contribution in [2.24, 2.45) is 5.41 Å². The van der Waals surface area contributed by atoms with Crippen LogP contribution in [-0.2, 0) is 9.84 Å². The number of hydrogen-bond donors (Lipinski definition) is 1. The van der Waals surface area contributed by atoms with Crippen LogP contribution in [-0.4, -0.2) is 31.6 Å². The first-order chi connectivity index (χ1) is 6.12. The van der Waals surface area contributed by atoms with Crippen LogP contribution in [0.2, 0.25) is 0 Å². The molecular formula is C10H22O3S. The topological polar surface area (TPSA) is 54.4 Å². The van der Waals surface area contributed by atoms with Crippen LogP contribution < -0.4 is 0 Å². The molecule has 4 heteroatoms. The molecule has 14 heavy (non-hydrogen) atoms. The van der Waals surface area contributed by atoms with Crippen LogP contribution in [0, 0.1) is 5.41 Å². The van der Waals surface area contributed by atoms with E-state index in [1.54, 1.807) is 6.92 Å². The van der Waals surface area contributed by atoms with E-state index in [1.165, 1.54) is 6.26 Å². The van der Waals surface area contributed by atoms with Gasteiger partial charge < -0.3 is 5.11 Å². The van der Waals surface area contributed by atoms with Gasteiger partial charge in [0.25, 0.3) is 0 Å². The monoisotopic (exact) mass is 222 g/mol. The first-order valence-electron chi connectivity index (χ1n) is 4.98. The molecule has 0 radical (unpaired) electrons. The normalized spacial score (nSPS) is 15.5. The minimum absolute atomic E-state index is 0.0266. The molecule has 0 bridgehead atoms. The molecule has 0 saturated carbocycles. The molecule has 0 saturated heterocycles. The second-order valence-electron chi connectivity index (χ2n) is 4.95. The summed E-state index contributed by atoms with van der Waals surface area (Å²) in [7, 11) is -2.84. The van der Waals surface area contributed by atoms with Crippen LogP contribution >= 0.6 is 0 Å². The molecule has 1 atom stereocenters. The molecular weight excluding hydrogens is 200 g/mol. The molecule has 86 valence electrons. The van der Waals surface area contributed by atoms with Gasteiger partial charge in [-0.05, 0) is 31.6 Å². The molecule has 0 aliphatic rings. The summed E-state index contributed by atoms with van der Waals surface area (Å²) in [5, 5.41) is 9.23. The van der Waals surface area contributed by atoms with E-state index in [4.69, 9.17) is 0 Å². The quantitative estimate of drug-likeness (QED) is 0.743. The van der Waals surface area contributed by atoms with Gasteiger partial charge in [0.05, 0.1) is 6.10 Å². The van der Waals surface area contributed by atoms with E-state index in [2.05, 4.69) is 13.8 Å². The van der Waals surface area contributed by atoms with Crippen molar-refractivity contribution in [2.75, 3.05) is 12.0 Å². The number of aliphatic hydroxyl groups is 1. The molecule has 0 spiro atoms. The van der Waals surface area contributed by atoms with E-state index in [1.807, 2.05) is 0 Å². The maximum Gasteiger partial charge on any atom is 0.147 e. The zero-order valence-corrected chi connectivity index (χ0v) is 10.4. The smallest absolute Gasteiger partial charge is 0.147 e. The zero-order valence-electron chi connectivity index (χ0n) is 9.58. The molecule has 0 heterocycles. The van der Waals surface area contributed by atoms with Crippen molar-refractivity contribution in [1.82, 2.24) is 0 Å². The van der Waals surface area contributed by atoms with E-state index in [9.17, 15) is 13.5 Å². The molecule has 1 unspecified atom stereocenters. The summed E-state index contributed by atoms with van der Waals surface area (Å²) in [6.45, 7) is 5.88. The fourth-order valence-corrected chi connectivity index (χ4v) is 2.38. The Balaban J connectivity index is 3.88. The number of rotatable bonds is 6. The lowest BCUT2D eigenvalue weighted by atomic mass is 9.83. The Morgan fingerprint density at radius 1 is 1.36 bits per heavy atom. The number of hydrogen-bond acceptors (Lipinski definition) is 3. The standard InChI is InChI=1S/C10H22O3S/c1-9(11)8-10(2,3)6-5-7-14(4,12)13/h9,11H,5-8H2,1-4H3. The van der Waals surface area contributed by atoms with Gasteiger partial charge in [0.2, 0.25) is 0 Å². The van der Waals surface area contributed by atoms with Gasteiger partial charge in [-0.1, -0.05) is 13.8 Å². The van der Waals surface area contributed by atoms with Gasteiger partial charge >= 0.3 is 0 Å². The Hall–Kier alpha value is -0.0900. The SMILES string of the molecule is CC(O)CC(C)(C)CCCS(C)(=O)=O. The molecule has 0 aliphatic carbocycles. The highest BCUT2D eigenvalue weighted by Crippen LogP contribution is 2.28. The van der Waals surface area contributed by atoms with Crippen LogP contribution in [0.15, 0.2) is 0 Å². The lowest BCUT2D eigenvalue weighted by Gasteiger charge is -2.25. The highest BCUT2D eigenvalue weighted by molar-refractivity contribution is 7.90. The van der Waals surface area contributed by atoms with Crippen LogP contribution in [0.1, 0.15) is 40.0 Å². The number of sulfone groups is 1. The summed E-state index contributed by atoms with van der Waals surface area (Å²) < 4.78 is 21.8. The Morgan fingerprint density at radius 2 is 1.86 bits per heavy atom. The summed E-state index contributed by atoms with van der Waals surface area (Å²) >= 11 is 0. The molecule has 3 nitrogen and oxygen atoms in total. The predicted molar refractivity (Wildman–Crippen MR) is 59.0 cm³/mol. The second-order valence-corrected chi connectivity index (χ2v) is 7.21. The van der Waals surface area contributed by atoms with Gasteiger partial charge in [-0.2, -0.15) is 0 Å². The minimum Gasteiger partial charge on any atom is -0.393 e. The molecule has 0 aliphatic heterocycles. The van der Waals surface area contributed by atoms with Gasteiger partial charge in [0, 0.05) is 12.0 Å². The average Bonchev–Trinajstić information content (AvgIpc) is 1.78. The first kappa shape index (κ1) is 13.9. The molecule has 1 N–H and O–H groups in total. The van der Waals surface area contributed by atoms with Crippen molar-refractivity contribution in [2.45, 2.75) is 46.1 Å². The highest BCUT2D eigenvalue weighted by Gasteiger charge is 2.20. The van der Waals surface area contributed by atoms with Gasteiger partial charge in [-0.3, -0.25) is 0 Å². The maximum absolute atomic E-state index is 10.9. The number of aliphatic hydroxyl groups excluding tert-OH is 1. The van der Waals surface area contributed by atoms with E-state index < -0.39 is 9.84 Å². The Bertz CT molecular complexity index is 253.